The van der Waals surface area contributed by atoms with Crippen molar-refractivity contribution < 1.29 is 13.2 Å². The van der Waals surface area contributed by atoms with Crippen LogP contribution in [0.15, 0.2) is 0 Å². The molecule has 0 N–H and O–H groups in total. The second kappa shape index (κ2) is 6.46. The van der Waals surface area contributed by atoms with Gasteiger partial charge in [0.15, 0.2) is 9.84 Å². The zero-order valence-corrected chi connectivity index (χ0v) is 10.0. The summed E-state index contributed by atoms with van der Waals surface area (Å²) in [6.07, 6.45) is 6.73. The molecule has 5 heteroatoms. The Balaban J connectivity index is 4.19. The Kier molecular flexibility index (Phi) is 6.02. The maximum absolute atomic E-state index is 11.4. The van der Waals surface area contributed by atoms with Crippen LogP contribution in [0.4, 0.5) is 0 Å². The predicted octanol–water partition coefficient (Wildman–Crippen LogP) is 0.293. The number of terminal acetylenes is 1. The molecule has 0 saturated carbocycles. The Morgan fingerprint density at radius 2 is 2.07 bits per heavy atom. The van der Waals surface area contributed by atoms with Crippen molar-refractivity contribution >= 4 is 15.7 Å². The van der Waals surface area contributed by atoms with Crippen LogP contribution in [0.25, 0.3) is 0 Å². The lowest BCUT2D eigenvalue weighted by atomic mass is 10.3. The molecule has 0 aliphatic heterocycles. The van der Waals surface area contributed by atoms with Gasteiger partial charge in [-0.05, 0) is 6.42 Å². The van der Waals surface area contributed by atoms with Crippen LogP contribution >= 0.6 is 0 Å². The summed E-state index contributed by atoms with van der Waals surface area (Å²) in [6.45, 7) is 2.59. The monoisotopic (exact) mass is 231 g/mol. The van der Waals surface area contributed by atoms with E-state index in [4.69, 9.17) is 6.42 Å². The Morgan fingerprint density at radius 1 is 1.47 bits per heavy atom. The van der Waals surface area contributed by atoms with E-state index >= 15 is 0 Å². The Morgan fingerprint density at radius 3 is 2.53 bits per heavy atom. The third-order valence-corrected chi connectivity index (χ3v) is 3.21. The molecule has 86 valence electrons. The molecule has 1 amide bonds. The summed E-state index contributed by atoms with van der Waals surface area (Å²) >= 11 is 0. The van der Waals surface area contributed by atoms with Crippen LogP contribution in [-0.2, 0) is 14.6 Å². The third kappa shape index (κ3) is 6.13. The molecule has 0 bridgehead atoms. The summed E-state index contributed by atoms with van der Waals surface area (Å²) < 4.78 is 22.5. The highest BCUT2D eigenvalue weighted by molar-refractivity contribution is 7.92. The summed E-state index contributed by atoms with van der Waals surface area (Å²) in [7, 11) is -1.83. The van der Waals surface area contributed by atoms with E-state index in [2.05, 4.69) is 0 Å². The number of carbonyl (C=O) groups excluding carboxylic acids is 1. The van der Waals surface area contributed by atoms with Gasteiger partial charge in [-0.15, -0.1) is 6.42 Å². The third-order valence-electron chi connectivity index (χ3n) is 1.92. The lowest BCUT2D eigenvalue weighted by Crippen LogP contribution is -2.33. The molecule has 0 aromatic carbocycles. The van der Waals surface area contributed by atoms with E-state index in [1.807, 2.05) is 12.8 Å². The minimum Gasteiger partial charge on any atom is -0.345 e. The molecular formula is C10H17NO3S. The van der Waals surface area contributed by atoms with Crippen molar-refractivity contribution in [3.8, 4) is 12.3 Å². The van der Waals surface area contributed by atoms with Gasteiger partial charge >= 0.3 is 0 Å². The molecule has 0 spiro atoms. The number of amides is 1. The SMILES string of the molecule is C#CCS(=O)(=O)CC(=O)N(C)CCCC. The van der Waals surface area contributed by atoms with Crippen LogP contribution in [0, 0.1) is 12.3 Å². The molecular weight excluding hydrogens is 214 g/mol. The van der Waals surface area contributed by atoms with Gasteiger partial charge in [-0.3, -0.25) is 4.79 Å². The van der Waals surface area contributed by atoms with Crippen molar-refractivity contribution in [3.63, 3.8) is 0 Å². The van der Waals surface area contributed by atoms with E-state index in [1.54, 1.807) is 7.05 Å². The van der Waals surface area contributed by atoms with Crippen molar-refractivity contribution in [3.05, 3.63) is 0 Å². The van der Waals surface area contributed by atoms with E-state index in [0.29, 0.717) is 6.54 Å². The van der Waals surface area contributed by atoms with E-state index in [0.717, 1.165) is 12.8 Å². The Labute approximate surface area is 91.6 Å². The van der Waals surface area contributed by atoms with Crippen LogP contribution in [-0.4, -0.2) is 44.3 Å². The van der Waals surface area contributed by atoms with Crippen LogP contribution in [0.1, 0.15) is 19.8 Å². The fourth-order valence-electron chi connectivity index (χ4n) is 0.996. The van der Waals surface area contributed by atoms with Gasteiger partial charge in [0, 0.05) is 13.6 Å². The minimum absolute atomic E-state index is 0.375. The summed E-state index contributed by atoms with van der Waals surface area (Å²) in [4.78, 5) is 12.8. The smallest absolute Gasteiger partial charge is 0.237 e. The molecule has 0 unspecified atom stereocenters. The zero-order chi connectivity index (χ0) is 11.9. The molecule has 15 heavy (non-hydrogen) atoms. The number of unbranched alkanes of at least 4 members (excludes halogenated alkanes) is 1. The summed E-state index contributed by atoms with van der Waals surface area (Å²) in [6, 6.07) is 0. The average molecular weight is 231 g/mol. The summed E-state index contributed by atoms with van der Waals surface area (Å²) in [5.41, 5.74) is 0. The number of carbonyl (C=O) groups is 1. The molecule has 0 heterocycles. The highest BCUT2D eigenvalue weighted by atomic mass is 32.2. The van der Waals surface area contributed by atoms with Crippen LogP contribution < -0.4 is 0 Å². The van der Waals surface area contributed by atoms with Gasteiger partial charge in [0.25, 0.3) is 0 Å². The van der Waals surface area contributed by atoms with Gasteiger partial charge in [0.05, 0.1) is 0 Å². The topological polar surface area (TPSA) is 54.5 Å². The van der Waals surface area contributed by atoms with Crippen molar-refractivity contribution in [2.24, 2.45) is 0 Å². The van der Waals surface area contributed by atoms with Gasteiger partial charge in [-0.2, -0.15) is 0 Å². The van der Waals surface area contributed by atoms with Crippen molar-refractivity contribution in [2.75, 3.05) is 25.1 Å². The second-order valence-electron chi connectivity index (χ2n) is 3.41. The lowest BCUT2D eigenvalue weighted by molar-refractivity contribution is -0.127. The van der Waals surface area contributed by atoms with Crippen molar-refractivity contribution in [1.29, 1.82) is 0 Å². The first-order valence-corrected chi connectivity index (χ1v) is 6.63. The van der Waals surface area contributed by atoms with Crippen LogP contribution in [0.5, 0.6) is 0 Å². The summed E-state index contributed by atoms with van der Waals surface area (Å²) in [5.74, 6) is 0.783. The first-order chi connectivity index (χ1) is 6.93. The van der Waals surface area contributed by atoms with Crippen LogP contribution in [0.3, 0.4) is 0 Å². The van der Waals surface area contributed by atoms with E-state index in [-0.39, 0.29) is 5.75 Å². The Hall–Kier alpha value is -1.02. The molecule has 4 nitrogen and oxygen atoms in total. The fourth-order valence-corrected chi connectivity index (χ4v) is 1.95. The Bertz CT molecular complexity index is 340. The van der Waals surface area contributed by atoms with Gasteiger partial charge in [0.2, 0.25) is 5.91 Å². The fraction of sp³-hybridized carbons (Fsp3) is 0.700. The quantitative estimate of drug-likeness (QED) is 0.618. The molecule has 0 saturated heterocycles. The van der Waals surface area contributed by atoms with E-state index in [1.165, 1.54) is 4.90 Å². The minimum atomic E-state index is -3.43. The first-order valence-electron chi connectivity index (χ1n) is 4.80. The highest BCUT2D eigenvalue weighted by Gasteiger charge is 2.18. The molecule has 0 aliphatic carbocycles. The number of hydrogen-bond acceptors (Lipinski definition) is 3. The number of sulfone groups is 1. The van der Waals surface area contributed by atoms with E-state index in [9.17, 15) is 13.2 Å². The predicted molar refractivity (Wildman–Crippen MR) is 60.0 cm³/mol. The molecule has 0 aromatic rings. The van der Waals surface area contributed by atoms with Gasteiger partial charge < -0.3 is 4.90 Å². The molecule has 0 fully saturated rings. The molecule has 0 aromatic heterocycles. The molecule has 0 radical (unpaired) electrons. The number of nitrogens with zero attached hydrogens (tertiary/aromatic N) is 1. The van der Waals surface area contributed by atoms with Gasteiger partial charge in [-0.1, -0.05) is 19.3 Å². The normalized spacial score (nSPS) is 10.7. The number of hydrogen-bond donors (Lipinski definition) is 0. The molecule has 0 rings (SSSR count). The first kappa shape index (κ1) is 14.0. The summed E-state index contributed by atoms with van der Waals surface area (Å²) in [5, 5.41) is 0. The second-order valence-corrected chi connectivity index (χ2v) is 5.47. The molecule has 0 aliphatic rings. The lowest BCUT2D eigenvalue weighted by Gasteiger charge is -2.16. The van der Waals surface area contributed by atoms with Crippen molar-refractivity contribution in [2.45, 2.75) is 19.8 Å². The highest BCUT2D eigenvalue weighted by Crippen LogP contribution is 1.97. The van der Waals surface area contributed by atoms with Gasteiger partial charge in [0.1, 0.15) is 11.5 Å². The largest absolute Gasteiger partial charge is 0.345 e. The molecule has 0 atom stereocenters. The standard InChI is InChI=1S/C10H17NO3S/c1-4-6-7-11(3)10(12)9-15(13,14)8-5-2/h2H,4,6-9H2,1,3H3. The van der Waals surface area contributed by atoms with Crippen LogP contribution in [0.2, 0.25) is 0 Å². The number of rotatable bonds is 6. The zero-order valence-electron chi connectivity index (χ0n) is 9.19. The van der Waals surface area contributed by atoms with Gasteiger partial charge in [-0.25, -0.2) is 8.42 Å². The average Bonchev–Trinajstić information content (AvgIpc) is 2.13. The maximum Gasteiger partial charge on any atom is 0.237 e. The van der Waals surface area contributed by atoms with E-state index < -0.39 is 21.5 Å². The van der Waals surface area contributed by atoms with Crippen molar-refractivity contribution in [1.82, 2.24) is 4.90 Å². The maximum atomic E-state index is 11.4.